The highest BCUT2D eigenvalue weighted by Crippen LogP contribution is 2.29. The zero-order valence-electron chi connectivity index (χ0n) is 9.85. The number of hydrazine groups is 1. The van der Waals surface area contributed by atoms with Gasteiger partial charge in [-0.05, 0) is 6.42 Å². The maximum absolute atomic E-state index is 12.4. The summed E-state index contributed by atoms with van der Waals surface area (Å²) in [6.45, 7) is -0.433. The summed E-state index contributed by atoms with van der Waals surface area (Å²) in [5.41, 5.74) is 1.88. The Morgan fingerprint density at radius 3 is 2.30 bits per heavy atom. The van der Waals surface area contributed by atoms with Gasteiger partial charge in [-0.1, -0.05) is 0 Å². The molecule has 1 aromatic heterocycles. The average Bonchev–Trinajstić information content (AvgIpc) is 2.32. The lowest BCUT2D eigenvalue weighted by atomic mass is 10.3. The number of rotatable bonds is 5. The molecule has 1 rings (SSSR count). The molecule has 0 aliphatic carbocycles. The van der Waals surface area contributed by atoms with Crippen molar-refractivity contribution in [1.82, 2.24) is 9.97 Å². The standard InChI is InChI=1S/C9H10F6N4O/c10-8(11,12)2-1-3-20-6-4-5(19-16)17-7(18-6)9(13,14)15/h4H,1-3,16H2,(H,17,18,19). The van der Waals surface area contributed by atoms with E-state index >= 15 is 0 Å². The molecule has 0 unspecified atom stereocenters. The maximum Gasteiger partial charge on any atom is 0.451 e. The number of halogens is 6. The van der Waals surface area contributed by atoms with E-state index in [2.05, 4.69) is 9.97 Å². The van der Waals surface area contributed by atoms with Gasteiger partial charge >= 0.3 is 12.4 Å². The largest absolute Gasteiger partial charge is 0.478 e. The second-order valence-corrected chi connectivity index (χ2v) is 3.62. The summed E-state index contributed by atoms with van der Waals surface area (Å²) in [5, 5.41) is 0. The number of nitrogens with zero attached hydrogens (tertiary/aromatic N) is 2. The van der Waals surface area contributed by atoms with E-state index in [1.54, 1.807) is 0 Å². The van der Waals surface area contributed by atoms with Crippen LogP contribution in [-0.2, 0) is 6.18 Å². The quantitative estimate of drug-likeness (QED) is 0.378. The van der Waals surface area contributed by atoms with Crippen LogP contribution in [0.5, 0.6) is 5.88 Å². The van der Waals surface area contributed by atoms with E-state index in [-0.39, 0.29) is 5.82 Å². The normalized spacial score (nSPS) is 12.3. The number of hydrogen-bond acceptors (Lipinski definition) is 5. The van der Waals surface area contributed by atoms with Crippen LogP contribution in [0.4, 0.5) is 32.2 Å². The molecule has 0 atom stereocenters. The van der Waals surface area contributed by atoms with Crippen molar-refractivity contribution in [3.05, 3.63) is 11.9 Å². The zero-order valence-corrected chi connectivity index (χ0v) is 9.85. The molecule has 0 aromatic carbocycles. The highest BCUT2D eigenvalue weighted by molar-refractivity contribution is 5.37. The van der Waals surface area contributed by atoms with Crippen LogP contribution in [0.1, 0.15) is 18.7 Å². The van der Waals surface area contributed by atoms with E-state index in [1.165, 1.54) is 0 Å². The molecule has 20 heavy (non-hydrogen) atoms. The monoisotopic (exact) mass is 304 g/mol. The Morgan fingerprint density at radius 2 is 1.80 bits per heavy atom. The molecule has 1 aromatic rings. The van der Waals surface area contributed by atoms with Crippen molar-refractivity contribution >= 4 is 5.82 Å². The zero-order chi connectivity index (χ0) is 15.4. The molecule has 0 aliphatic heterocycles. The number of nitrogens with one attached hydrogen (secondary N) is 1. The van der Waals surface area contributed by atoms with Crippen LogP contribution in [-0.4, -0.2) is 22.8 Å². The SMILES string of the molecule is NNc1cc(OCCCC(F)(F)F)nc(C(F)(F)F)n1. The molecule has 5 nitrogen and oxygen atoms in total. The molecule has 0 radical (unpaired) electrons. The molecular weight excluding hydrogens is 294 g/mol. The number of aromatic nitrogens is 2. The first kappa shape index (κ1) is 16.3. The number of alkyl halides is 6. The summed E-state index contributed by atoms with van der Waals surface area (Å²) in [5.74, 6) is 2.56. The van der Waals surface area contributed by atoms with Gasteiger partial charge in [0, 0.05) is 12.5 Å². The smallest absolute Gasteiger partial charge is 0.451 e. The van der Waals surface area contributed by atoms with Crippen molar-refractivity contribution in [2.45, 2.75) is 25.2 Å². The second kappa shape index (κ2) is 6.11. The highest BCUT2D eigenvalue weighted by atomic mass is 19.4. The third-order valence-electron chi connectivity index (χ3n) is 1.96. The summed E-state index contributed by atoms with van der Waals surface area (Å²) < 4.78 is 77.6. The minimum Gasteiger partial charge on any atom is -0.478 e. The third-order valence-corrected chi connectivity index (χ3v) is 1.96. The van der Waals surface area contributed by atoms with Crippen molar-refractivity contribution in [2.24, 2.45) is 5.84 Å². The topological polar surface area (TPSA) is 73.1 Å². The van der Waals surface area contributed by atoms with Crippen LogP contribution in [0, 0.1) is 0 Å². The molecule has 0 fully saturated rings. The van der Waals surface area contributed by atoms with Gasteiger partial charge in [-0.25, -0.2) is 10.8 Å². The van der Waals surface area contributed by atoms with E-state index in [1.807, 2.05) is 5.43 Å². The highest BCUT2D eigenvalue weighted by Gasteiger charge is 2.35. The van der Waals surface area contributed by atoms with Gasteiger partial charge < -0.3 is 10.2 Å². The molecule has 1 heterocycles. The van der Waals surface area contributed by atoms with E-state index < -0.39 is 43.5 Å². The number of hydrogen-bond donors (Lipinski definition) is 2. The Hall–Kier alpha value is -1.78. The van der Waals surface area contributed by atoms with Gasteiger partial charge in [0.25, 0.3) is 0 Å². The number of nitrogens with two attached hydrogens (primary N) is 1. The maximum atomic E-state index is 12.4. The molecule has 0 saturated carbocycles. The second-order valence-electron chi connectivity index (χ2n) is 3.62. The Balaban J connectivity index is 2.70. The van der Waals surface area contributed by atoms with Gasteiger partial charge in [0.2, 0.25) is 11.7 Å². The predicted octanol–water partition coefficient (Wildman–Crippen LogP) is 2.50. The van der Waals surface area contributed by atoms with Crippen LogP contribution >= 0.6 is 0 Å². The van der Waals surface area contributed by atoms with Gasteiger partial charge in [0.15, 0.2) is 0 Å². The fourth-order valence-corrected chi connectivity index (χ4v) is 1.15. The summed E-state index contributed by atoms with van der Waals surface area (Å²) in [6.07, 6.45) is -10.7. The molecule has 0 bridgehead atoms. The molecule has 11 heteroatoms. The first-order valence-corrected chi connectivity index (χ1v) is 5.24. The predicted molar refractivity (Wildman–Crippen MR) is 55.6 cm³/mol. The lowest BCUT2D eigenvalue weighted by Crippen LogP contribution is -2.17. The summed E-state index contributed by atoms with van der Waals surface area (Å²) >= 11 is 0. The lowest BCUT2D eigenvalue weighted by molar-refractivity contribution is -0.145. The van der Waals surface area contributed by atoms with Crippen molar-refractivity contribution in [3.8, 4) is 5.88 Å². The molecule has 114 valence electrons. The van der Waals surface area contributed by atoms with Gasteiger partial charge in [0.05, 0.1) is 6.61 Å². The molecule has 0 saturated heterocycles. The van der Waals surface area contributed by atoms with Crippen LogP contribution < -0.4 is 16.0 Å². The number of anilines is 1. The van der Waals surface area contributed by atoms with Crippen molar-refractivity contribution in [2.75, 3.05) is 12.0 Å². The van der Waals surface area contributed by atoms with Crippen LogP contribution in [0.3, 0.4) is 0 Å². The van der Waals surface area contributed by atoms with Gasteiger partial charge in [-0.3, -0.25) is 0 Å². The van der Waals surface area contributed by atoms with Gasteiger partial charge in [0.1, 0.15) is 5.82 Å². The summed E-state index contributed by atoms with van der Waals surface area (Å²) in [4.78, 5) is 6.11. The minimum absolute atomic E-state index is 0.363. The van der Waals surface area contributed by atoms with Crippen LogP contribution in [0.25, 0.3) is 0 Å². The summed E-state index contributed by atoms with van der Waals surface area (Å²) in [7, 11) is 0. The molecule has 0 amide bonds. The molecule has 0 aliphatic rings. The van der Waals surface area contributed by atoms with E-state index in [9.17, 15) is 26.3 Å². The minimum atomic E-state index is -4.82. The fourth-order valence-electron chi connectivity index (χ4n) is 1.15. The Kier molecular flexibility index (Phi) is 4.98. The summed E-state index contributed by atoms with van der Waals surface area (Å²) in [6, 6.07) is 0.947. The van der Waals surface area contributed by atoms with Crippen LogP contribution in [0.15, 0.2) is 6.07 Å². The van der Waals surface area contributed by atoms with E-state index in [0.717, 1.165) is 6.07 Å². The van der Waals surface area contributed by atoms with Gasteiger partial charge in [-0.2, -0.15) is 31.3 Å². The van der Waals surface area contributed by atoms with Crippen molar-refractivity contribution in [1.29, 1.82) is 0 Å². The molecular formula is C9H10F6N4O. The lowest BCUT2D eigenvalue weighted by Gasteiger charge is -2.11. The van der Waals surface area contributed by atoms with E-state index in [4.69, 9.17) is 10.6 Å². The Labute approximate surface area is 109 Å². The number of ether oxygens (including phenoxy) is 1. The van der Waals surface area contributed by atoms with Crippen molar-refractivity contribution in [3.63, 3.8) is 0 Å². The third kappa shape index (κ3) is 5.47. The van der Waals surface area contributed by atoms with Crippen LogP contribution in [0.2, 0.25) is 0 Å². The van der Waals surface area contributed by atoms with Gasteiger partial charge in [-0.15, -0.1) is 0 Å². The average molecular weight is 304 g/mol. The van der Waals surface area contributed by atoms with Crippen molar-refractivity contribution < 1.29 is 31.1 Å². The molecule has 0 spiro atoms. The number of nitrogen functional groups attached to an aromatic ring is 1. The molecule has 3 N–H and O–H groups in total. The Morgan fingerprint density at radius 1 is 1.15 bits per heavy atom. The van der Waals surface area contributed by atoms with E-state index in [0.29, 0.717) is 0 Å². The fraction of sp³-hybridized carbons (Fsp3) is 0.556. The first-order valence-electron chi connectivity index (χ1n) is 5.24. The first-order chi connectivity index (χ1) is 9.12. The Bertz CT molecular complexity index is 447.